The molecule has 0 aliphatic heterocycles. The summed E-state index contributed by atoms with van der Waals surface area (Å²) in [6, 6.07) is 88.9. The molecule has 9 aromatic carbocycles. The summed E-state index contributed by atoms with van der Waals surface area (Å²) >= 11 is 0. The number of aromatic nitrogens is 4. The summed E-state index contributed by atoms with van der Waals surface area (Å²) in [7, 11) is 0. The molecule has 0 amide bonds. The van der Waals surface area contributed by atoms with E-state index in [0.717, 1.165) is 131 Å². The van der Waals surface area contributed by atoms with Gasteiger partial charge in [0, 0.05) is 51.7 Å². The maximum atomic E-state index is 16.1. The molecule has 4 nitrogen and oxygen atoms in total. The molecule has 78 heavy (non-hydrogen) atoms. The number of para-hydroxylation sites is 2. The van der Waals surface area contributed by atoms with E-state index in [0.29, 0.717) is 0 Å². The predicted molar refractivity (Wildman–Crippen MR) is 320 cm³/mol. The minimum atomic E-state index is -0.279. The average Bonchev–Trinajstić information content (AvgIpc) is 3.86. The number of hydrogen-bond donors (Lipinski definition) is 0. The van der Waals surface area contributed by atoms with Gasteiger partial charge < -0.3 is 4.57 Å². The smallest absolute Gasteiger partial charge is 0.123 e. The minimum Gasteiger partial charge on any atom is -0.309 e. The molecule has 0 radical (unpaired) electrons. The molecule has 0 aliphatic carbocycles. The molecule has 0 bridgehead atoms. The Morgan fingerprint density at radius 3 is 1.44 bits per heavy atom. The molecule has 13 aromatic rings. The number of benzene rings is 9. The standard InChI is InChI=1S/C73H53FN4/c74-61-38-40-64(67(47-61)60-44-52(23-21-50-25-29-57(30-26-50)69-18-9-11-41-75-69)43-53(45-60)24-22-51-27-31-58(32-28-51)70-19-10-12-42-76-70)63-39-37-59(46-66(63)56-35-33-55(34-36-56)54-13-3-1-4-14-54)71-48-73-68(49-77-71)65-17-7-8-20-72(65)78(73)62-15-5-2-6-16-62/h1-20,25-49H,21-24H2. The summed E-state index contributed by atoms with van der Waals surface area (Å²) < 4.78 is 18.4. The van der Waals surface area contributed by atoms with Gasteiger partial charge in [-0.15, -0.1) is 0 Å². The molecule has 0 saturated carbocycles. The Balaban J connectivity index is 0.911. The van der Waals surface area contributed by atoms with Gasteiger partial charge >= 0.3 is 0 Å². The van der Waals surface area contributed by atoms with Crippen molar-refractivity contribution >= 4 is 21.8 Å². The fourth-order valence-corrected chi connectivity index (χ4v) is 11.1. The van der Waals surface area contributed by atoms with E-state index in [1.807, 2.05) is 67.1 Å². The Morgan fingerprint density at radius 1 is 0.295 bits per heavy atom. The average molecular weight is 1010 g/mol. The molecular formula is C73H53FN4. The topological polar surface area (TPSA) is 43.6 Å². The van der Waals surface area contributed by atoms with E-state index in [4.69, 9.17) is 4.98 Å². The predicted octanol–water partition coefficient (Wildman–Crippen LogP) is 18.3. The van der Waals surface area contributed by atoms with Crippen molar-refractivity contribution < 1.29 is 4.39 Å². The van der Waals surface area contributed by atoms with Crippen molar-refractivity contribution in [3.8, 4) is 84.0 Å². The Hall–Kier alpha value is -9.84. The van der Waals surface area contributed by atoms with E-state index < -0.39 is 0 Å². The lowest BCUT2D eigenvalue weighted by Crippen LogP contribution is -1.99. The van der Waals surface area contributed by atoms with Crippen molar-refractivity contribution in [2.45, 2.75) is 25.7 Å². The lowest BCUT2D eigenvalue weighted by atomic mass is 9.86. The first-order chi connectivity index (χ1) is 38.5. The van der Waals surface area contributed by atoms with E-state index in [-0.39, 0.29) is 5.82 Å². The number of hydrogen-bond acceptors (Lipinski definition) is 3. The van der Waals surface area contributed by atoms with E-state index in [1.54, 1.807) is 12.1 Å². The van der Waals surface area contributed by atoms with Gasteiger partial charge in [0.1, 0.15) is 5.82 Å². The fourth-order valence-electron chi connectivity index (χ4n) is 11.1. The summed E-state index contributed by atoms with van der Waals surface area (Å²) in [6.45, 7) is 0. The molecule has 0 saturated heterocycles. The van der Waals surface area contributed by atoms with Crippen molar-refractivity contribution in [1.82, 2.24) is 19.5 Å². The van der Waals surface area contributed by atoms with Crippen LogP contribution >= 0.6 is 0 Å². The number of fused-ring (bicyclic) bond motifs is 3. The summed E-state index contributed by atoms with van der Waals surface area (Å²) in [6.07, 6.45) is 9.04. The van der Waals surface area contributed by atoms with E-state index in [2.05, 4.69) is 209 Å². The van der Waals surface area contributed by atoms with Gasteiger partial charge in [-0.3, -0.25) is 15.0 Å². The monoisotopic (exact) mass is 1000 g/mol. The fraction of sp³-hybridized carbons (Fsp3) is 0.0548. The lowest BCUT2D eigenvalue weighted by molar-refractivity contribution is 0.628. The van der Waals surface area contributed by atoms with Crippen LogP contribution in [0.25, 0.3) is 106 Å². The molecule has 0 atom stereocenters. The van der Waals surface area contributed by atoms with Crippen LogP contribution in [0.3, 0.4) is 0 Å². The molecule has 13 rings (SSSR count). The van der Waals surface area contributed by atoms with Crippen LogP contribution in [0.15, 0.2) is 273 Å². The molecule has 5 heteroatoms. The van der Waals surface area contributed by atoms with Gasteiger partial charge in [-0.25, -0.2) is 4.39 Å². The normalized spacial score (nSPS) is 11.3. The van der Waals surface area contributed by atoms with Gasteiger partial charge in [-0.2, -0.15) is 0 Å². The minimum absolute atomic E-state index is 0.279. The molecule has 4 aromatic heterocycles. The van der Waals surface area contributed by atoms with Crippen molar-refractivity contribution in [3.05, 3.63) is 301 Å². The Morgan fingerprint density at radius 2 is 0.808 bits per heavy atom. The summed E-state index contributed by atoms with van der Waals surface area (Å²) in [5, 5.41) is 2.26. The zero-order valence-corrected chi connectivity index (χ0v) is 43.0. The first-order valence-corrected chi connectivity index (χ1v) is 26.7. The molecule has 0 spiro atoms. The van der Waals surface area contributed by atoms with Crippen molar-refractivity contribution in [1.29, 1.82) is 0 Å². The number of nitrogens with zero attached hydrogens (tertiary/aromatic N) is 4. The van der Waals surface area contributed by atoms with Crippen LogP contribution < -0.4 is 0 Å². The van der Waals surface area contributed by atoms with E-state index in [9.17, 15) is 0 Å². The third kappa shape index (κ3) is 9.93. The highest BCUT2D eigenvalue weighted by Crippen LogP contribution is 2.43. The molecule has 4 heterocycles. The molecule has 0 fully saturated rings. The third-order valence-corrected chi connectivity index (χ3v) is 15.1. The SMILES string of the molecule is Fc1ccc(-c2ccc(-c3cc4c(cn3)c3ccccc3n4-c3ccccc3)cc2-c2ccc(-c3ccccc3)cc2)c(-c2cc(CCc3ccc(-c4ccccn4)cc3)cc(CCc3ccc(-c4ccccn4)cc3)c2)c1. The maximum Gasteiger partial charge on any atom is 0.123 e. The van der Waals surface area contributed by atoms with Crippen LogP contribution in [-0.2, 0) is 25.7 Å². The second kappa shape index (κ2) is 21.4. The first kappa shape index (κ1) is 47.8. The molecule has 0 N–H and O–H groups in total. The maximum absolute atomic E-state index is 16.1. The molecule has 0 aliphatic rings. The number of pyridine rings is 3. The van der Waals surface area contributed by atoms with Gasteiger partial charge in [0.2, 0.25) is 0 Å². The van der Waals surface area contributed by atoms with Crippen LogP contribution in [0, 0.1) is 5.82 Å². The van der Waals surface area contributed by atoms with Crippen LogP contribution in [0.1, 0.15) is 22.3 Å². The molecule has 372 valence electrons. The van der Waals surface area contributed by atoms with Gasteiger partial charge in [0.05, 0.1) is 28.1 Å². The zero-order chi connectivity index (χ0) is 52.2. The third-order valence-electron chi connectivity index (χ3n) is 15.1. The van der Waals surface area contributed by atoms with Gasteiger partial charge in [-0.05, 0) is 159 Å². The highest BCUT2D eigenvalue weighted by atomic mass is 19.1. The highest BCUT2D eigenvalue weighted by Gasteiger charge is 2.19. The largest absolute Gasteiger partial charge is 0.309 e. The van der Waals surface area contributed by atoms with Crippen LogP contribution in [0.5, 0.6) is 0 Å². The Labute approximate surface area is 454 Å². The Kier molecular flexibility index (Phi) is 13.1. The van der Waals surface area contributed by atoms with Gasteiger partial charge in [-0.1, -0.05) is 188 Å². The second-order valence-electron chi connectivity index (χ2n) is 20.0. The van der Waals surface area contributed by atoms with Crippen molar-refractivity contribution in [2.75, 3.05) is 0 Å². The van der Waals surface area contributed by atoms with Gasteiger partial charge in [0.25, 0.3) is 0 Å². The highest BCUT2D eigenvalue weighted by molar-refractivity contribution is 6.09. The van der Waals surface area contributed by atoms with Crippen molar-refractivity contribution in [2.24, 2.45) is 0 Å². The quantitative estimate of drug-likeness (QED) is 0.109. The molecule has 0 unspecified atom stereocenters. The summed E-state index contributed by atoms with van der Waals surface area (Å²) in [5.41, 5.74) is 22.4. The van der Waals surface area contributed by atoms with E-state index >= 15 is 4.39 Å². The lowest BCUT2D eigenvalue weighted by Gasteiger charge is -2.18. The first-order valence-electron chi connectivity index (χ1n) is 26.7. The summed E-state index contributed by atoms with van der Waals surface area (Å²) in [5.74, 6) is -0.279. The van der Waals surface area contributed by atoms with Crippen LogP contribution in [0.2, 0.25) is 0 Å². The molecular weight excluding hydrogens is 952 g/mol. The summed E-state index contributed by atoms with van der Waals surface area (Å²) in [4.78, 5) is 14.3. The van der Waals surface area contributed by atoms with E-state index in [1.165, 1.54) is 22.3 Å². The van der Waals surface area contributed by atoms with Gasteiger partial charge in [0.15, 0.2) is 0 Å². The number of aryl methyl sites for hydroxylation is 4. The second-order valence-corrected chi connectivity index (χ2v) is 20.0. The van der Waals surface area contributed by atoms with Crippen LogP contribution in [0.4, 0.5) is 4.39 Å². The Bertz CT molecular complexity index is 4110. The number of halogens is 1. The zero-order valence-electron chi connectivity index (χ0n) is 43.0. The van der Waals surface area contributed by atoms with Crippen LogP contribution in [-0.4, -0.2) is 19.5 Å². The van der Waals surface area contributed by atoms with Crippen molar-refractivity contribution in [3.63, 3.8) is 0 Å². The number of rotatable bonds is 14.